The third kappa shape index (κ3) is 11.0. The molecule has 0 aliphatic carbocycles. The summed E-state index contributed by atoms with van der Waals surface area (Å²) >= 11 is 0. The Bertz CT molecular complexity index is 1150. The van der Waals surface area contributed by atoms with E-state index in [-0.39, 0.29) is 12.1 Å². The van der Waals surface area contributed by atoms with Crippen molar-refractivity contribution in [2.45, 2.75) is 55.8 Å². The Hall–Kier alpha value is -2.20. The lowest BCUT2D eigenvalue weighted by Gasteiger charge is -2.25. The highest BCUT2D eigenvalue weighted by atomic mass is 31.3. The van der Waals surface area contributed by atoms with Gasteiger partial charge in [0.05, 0.1) is 13.2 Å². The van der Waals surface area contributed by atoms with Crippen LogP contribution >= 0.6 is 15.6 Å². The Morgan fingerprint density at radius 2 is 1.82 bits per heavy atom. The summed E-state index contributed by atoms with van der Waals surface area (Å²) in [5.74, 6) is -0.637. The first kappa shape index (κ1) is 35.8. The standard InChI is InChI=1S/C9H15N3O11P2.C8H15NO6/c10-5-1-2-12(9(15)11-5)8-7(14)6(13)4(22-8)3-21-25(19,20)23-24(16,17)18;1-4(12)9-5(2-10)7(14)8(15)6(13)3-11/h1-2,4,6-8,13-14H,3H2,(H,19,20)(H2,10,11,15)(H2,16,17,18);2,5-8,11,13-15H,3H2,1H3,(H,9,12)/t4-,6-,7-,8-;5-,6+,7+,8-/m10/s1. The maximum Gasteiger partial charge on any atom is 0.481 e. The molecule has 1 aromatic rings. The van der Waals surface area contributed by atoms with Gasteiger partial charge in [-0.25, -0.2) is 13.9 Å². The third-order valence-corrected chi connectivity index (χ3v) is 7.04. The van der Waals surface area contributed by atoms with Crippen LogP contribution in [-0.4, -0.2) is 123 Å². The zero-order valence-electron chi connectivity index (χ0n) is 20.4. The summed E-state index contributed by atoms with van der Waals surface area (Å²) in [5.41, 5.74) is 4.45. The molecule has 1 saturated heterocycles. The molecule has 0 saturated carbocycles. The second-order valence-corrected chi connectivity index (χ2v) is 10.8. The van der Waals surface area contributed by atoms with E-state index in [4.69, 9.17) is 35.4 Å². The summed E-state index contributed by atoms with van der Waals surface area (Å²) in [6, 6.07) is -0.0811. The lowest BCUT2D eigenvalue weighted by molar-refractivity contribution is -0.129. The second kappa shape index (κ2) is 15.1. The van der Waals surface area contributed by atoms with Gasteiger partial charge < -0.3 is 65.9 Å². The summed E-state index contributed by atoms with van der Waals surface area (Å²) in [5, 5.41) is 58.0. The van der Waals surface area contributed by atoms with Gasteiger partial charge in [-0.1, -0.05) is 0 Å². The first-order chi connectivity index (χ1) is 18.3. The van der Waals surface area contributed by atoms with Gasteiger partial charge in [0.2, 0.25) is 5.91 Å². The number of phosphoric acid groups is 2. The number of phosphoric ester groups is 1. The molecule has 2 heterocycles. The van der Waals surface area contributed by atoms with E-state index in [0.29, 0.717) is 0 Å². The van der Waals surface area contributed by atoms with E-state index in [9.17, 15) is 43.9 Å². The van der Waals surface area contributed by atoms with Crippen molar-refractivity contribution in [1.82, 2.24) is 14.9 Å². The number of amides is 1. The number of hydrogen-bond donors (Lipinski definition) is 11. The van der Waals surface area contributed by atoms with Gasteiger partial charge in [0.15, 0.2) is 6.23 Å². The zero-order valence-corrected chi connectivity index (χ0v) is 22.2. The van der Waals surface area contributed by atoms with E-state index < -0.39 is 89.3 Å². The summed E-state index contributed by atoms with van der Waals surface area (Å²) < 4.78 is 35.8. The lowest BCUT2D eigenvalue weighted by Crippen LogP contribution is -2.53. The predicted molar refractivity (Wildman–Crippen MR) is 127 cm³/mol. The summed E-state index contributed by atoms with van der Waals surface area (Å²) in [7, 11) is -10.5. The van der Waals surface area contributed by atoms with Crippen LogP contribution in [0.25, 0.3) is 0 Å². The fourth-order valence-electron chi connectivity index (χ4n) is 3.02. The van der Waals surface area contributed by atoms with Crippen LogP contribution in [0.15, 0.2) is 17.1 Å². The normalized spacial score (nSPS) is 25.4. The average Bonchev–Trinajstić information content (AvgIpc) is 3.12. The quantitative estimate of drug-likeness (QED) is 0.0762. The van der Waals surface area contributed by atoms with Crippen LogP contribution in [0.4, 0.5) is 5.82 Å². The number of aliphatic hydroxyl groups excluding tert-OH is 6. The first-order valence-corrected chi connectivity index (χ1v) is 13.8. The number of anilines is 1. The van der Waals surface area contributed by atoms with Gasteiger partial charge in [0, 0.05) is 13.1 Å². The van der Waals surface area contributed by atoms with Gasteiger partial charge in [-0.15, -0.1) is 0 Å². The number of ether oxygens (including phenoxy) is 1. The average molecular weight is 624 g/mol. The minimum atomic E-state index is -5.30. The Morgan fingerprint density at radius 1 is 1.23 bits per heavy atom. The van der Waals surface area contributed by atoms with Crippen LogP contribution in [0.3, 0.4) is 0 Å². The van der Waals surface area contributed by atoms with Crippen LogP contribution in [-0.2, 0) is 32.3 Å². The van der Waals surface area contributed by atoms with Crippen molar-refractivity contribution in [3.63, 3.8) is 0 Å². The maximum atomic E-state index is 11.7. The SMILES string of the molecule is CC(=O)N[C@@H](C=O)[C@@H](O)[C@@H](O)[C@H](O)CO.Nc1ccn([C@@H]2O[C@H](COP(=O)(O)OP(=O)(O)O)[C@@H](O)[C@H]2O)c(=O)n1. The van der Waals surface area contributed by atoms with Crippen LogP contribution < -0.4 is 16.7 Å². The molecule has 23 heteroatoms. The number of carbonyl (C=O) groups excluding carboxylic acids is 2. The van der Waals surface area contributed by atoms with E-state index >= 15 is 0 Å². The number of nitrogens with zero attached hydrogens (tertiary/aromatic N) is 2. The van der Waals surface area contributed by atoms with E-state index in [1.54, 1.807) is 0 Å². The summed E-state index contributed by atoms with van der Waals surface area (Å²) in [4.78, 5) is 62.4. The molecule has 1 aliphatic rings. The monoisotopic (exact) mass is 624 g/mol. The molecule has 0 radical (unpaired) electrons. The first-order valence-electron chi connectivity index (χ1n) is 10.8. The van der Waals surface area contributed by atoms with Crippen molar-refractivity contribution in [2.75, 3.05) is 18.9 Å². The number of hydrogen-bond acceptors (Lipinski definition) is 16. The number of aliphatic hydroxyl groups is 6. The van der Waals surface area contributed by atoms with Gasteiger partial charge in [-0.3, -0.25) is 13.9 Å². The van der Waals surface area contributed by atoms with Gasteiger partial charge in [0.25, 0.3) is 0 Å². The van der Waals surface area contributed by atoms with Gasteiger partial charge in [0.1, 0.15) is 54.8 Å². The Balaban J connectivity index is 0.000000459. The lowest BCUT2D eigenvalue weighted by atomic mass is 10.0. The second-order valence-electron chi connectivity index (χ2n) is 8.02. The molecule has 1 fully saturated rings. The largest absolute Gasteiger partial charge is 0.481 e. The molecular formula is C17H30N4O17P2. The van der Waals surface area contributed by atoms with Crippen molar-refractivity contribution < 1.29 is 77.6 Å². The topological polar surface area (TPSA) is 351 Å². The summed E-state index contributed by atoms with van der Waals surface area (Å²) in [6.45, 7) is -0.498. The molecule has 12 N–H and O–H groups in total. The van der Waals surface area contributed by atoms with Crippen molar-refractivity contribution in [2.24, 2.45) is 0 Å². The molecule has 2 rings (SSSR count). The molecule has 1 amide bonds. The Morgan fingerprint density at radius 3 is 2.30 bits per heavy atom. The number of aromatic nitrogens is 2. The van der Waals surface area contributed by atoms with E-state index in [1.165, 1.54) is 6.07 Å². The van der Waals surface area contributed by atoms with Crippen LogP contribution in [0.2, 0.25) is 0 Å². The molecule has 1 unspecified atom stereocenters. The van der Waals surface area contributed by atoms with Crippen LogP contribution in [0, 0.1) is 0 Å². The fraction of sp³-hybridized carbons (Fsp3) is 0.647. The molecular weight excluding hydrogens is 594 g/mol. The number of nitrogens with two attached hydrogens (primary N) is 1. The molecule has 0 spiro atoms. The zero-order chi connectivity index (χ0) is 31.0. The van der Waals surface area contributed by atoms with Crippen molar-refractivity contribution in [1.29, 1.82) is 0 Å². The van der Waals surface area contributed by atoms with Gasteiger partial charge >= 0.3 is 21.3 Å². The number of carbonyl (C=O) groups is 2. The molecule has 40 heavy (non-hydrogen) atoms. The van der Waals surface area contributed by atoms with Crippen molar-refractivity contribution in [3.05, 3.63) is 22.7 Å². The van der Waals surface area contributed by atoms with E-state index in [2.05, 4.69) is 19.1 Å². The maximum absolute atomic E-state index is 11.7. The van der Waals surface area contributed by atoms with Crippen molar-refractivity contribution in [3.8, 4) is 0 Å². The fourth-order valence-corrected chi connectivity index (χ4v) is 4.62. The Kier molecular flexibility index (Phi) is 13.6. The summed E-state index contributed by atoms with van der Waals surface area (Å²) in [6.07, 6.45) is -9.65. The molecule has 230 valence electrons. The minimum Gasteiger partial charge on any atom is -0.394 e. The molecule has 21 nitrogen and oxygen atoms in total. The number of rotatable bonds is 12. The number of nitrogens with one attached hydrogen (secondary N) is 1. The highest BCUT2D eigenvalue weighted by Crippen LogP contribution is 2.57. The van der Waals surface area contributed by atoms with Crippen LogP contribution in [0.5, 0.6) is 0 Å². The van der Waals surface area contributed by atoms with Crippen molar-refractivity contribution >= 4 is 33.7 Å². The number of nitrogen functional groups attached to an aromatic ring is 1. The highest BCUT2D eigenvalue weighted by Gasteiger charge is 2.45. The molecule has 0 aromatic carbocycles. The Labute approximate surface area is 224 Å². The van der Waals surface area contributed by atoms with Gasteiger partial charge in [-0.05, 0) is 6.07 Å². The highest BCUT2D eigenvalue weighted by molar-refractivity contribution is 7.60. The molecule has 9 atom stereocenters. The smallest absolute Gasteiger partial charge is 0.394 e. The van der Waals surface area contributed by atoms with E-state index in [1.807, 2.05) is 0 Å². The molecule has 1 aliphatic heterocycles. The molecule has 1 aromatic heterocycles. The number of aldehydes is 1. The predicted octanol–water partition coefficient (Wildman–Crippen LogP) is -5.56. The molecule has 0 bridgehead atoms. The van der Waals surface area contributed by atoms with Gasteiger partial charge in [-0.2, -0.15) is 9.29 Å². The minimum absolute atomic E-state index is 0.0787. The third-order valence-electron chi connectivity index (χ3n) is 4.89. The van der Waals surface area contributed by atoms with E-state index in [0.717, 1.165) is 17.7 Å². The van der Waals surface area contributed by atoms with Crippen LogP contribution in [0.1, 0.15) is 13.2 Å².